The van der Waals surface area contributed by atoms with Crippen molar-refractivity contribution in [2.45, 2.75) is 70.1 Å². The number of hydrogen-bond donors (Lipinski definition) is 3. The summed E-state index contributed by atoms with van der Waals surface area (Å²) >= 11 is 0. The molecule has 22 heavy (non-hydrogen) atoms. The molecule has 1 aromatic rings. The van der Waals surface area contributed by atoms with Gasteiger partial charge in [-0.2, -0.15) is 5.10 Å². The standard InChI is InChI=1S/C16H26N4O2/c1-15(2,22)10-11-9-13(19-18-11)17-14(21)16(3)7-4-8-20(16)12-5-6-12/h9,12,22H,4-8,10H2,1-3H3,(H2,17,18,19,21). The first-order valence-corrected chi connectivity index (χ1v) is 8.13. The van der Waals surface area contributed by atoms with E-state index in [1.807, 2.05) is 6.92 Å². The highest BCUT2D eigenvalue weighted by atomic mass is 16.3. The molecule has 1 saturated heterocycles. The van der Waals surface area contributed by atoms with Gasteiger partial charge in [-0.05, 0) is 53.0 Å². The van der Waals surface area contributed by atoms with E-state index in [1.165, 1.54) is 12.8 Å². The van der Waals surface area contributed by atoms with Crippen molar-refractivity contribution < 1.29 is 9.90 Å². The fourth-order valence-electron chi connectivity index (χ4n) is 3.42. The van der Waals surface area contributed by atoms with Gasteiger partial charge in [0.05, 0.1) is 16.8 Å². The Kier molecular flexibility index (Phi) is 3.77. The quantitative estimate of drug-likeness (QED) is 0.773. The number of aromatic nitrogens is 2. The van der Waals surface area contributed by atoms with Crippen molar-refractivity contribution in [3.63, 3.8) is 0 Å². The maximum Gasteiger partial charge on any atom is 0.245 e. The third-order valence-electron chi connectivity index (χ3n) is 4.67. The molecule has 0 aromatic carbocycles. The number of aromatic amines is 1. The molecule has 3 N–H and O–H groups in total. The number of H-pyrrole nitrogens is 1. The summed E-state index contributed by atoms with van der Waals surface area (Å²) in [6, 6.07) is 2.39. The van der Waals surface area contributed by atoms with Crippen molar-refractivity contribution in [2.24, 2.45) is 0 Å². The van der Waals surface area contributed by atoms with Crippen LogP contribution in [0.5, 0.6) is 0 Å². The molecule has 2 heterocycles. The molecule has 2 fully saturated rings. The molecule has 1 aromatic heterocycles. The summed E-state index contributed by atoms with van der Waals surface area (Å²) in [4.78, 5) is 15.1. The minimum atomic E-state index is -0.809. The Morgan fingerprint density at radius 2 is 2.32 bits per heavy atom. The van der Waals surface area contributed by atoms with Crippen molar-refractivity contribution in [2.75, 3.05) is 11.9 Å². The molecule has 1 aliphatic heterocycles. The molecule has 1 unspecified atom stereocenters. The molecule has 6 heteroatoms. The lowest BCUT2D eigenvalue weighted by atomic mass is 9.97. The van der Waals surface area contributed by atoms with Crippen LogP contribution in [0.25, 0.3) is 0 Å². The van der Waals surface area contributed by atoms with Crippen molar-refractivity contribution in [3.05, 3.63) is 11.8 Å². The summed E-state index contributed by atoms with van der Waals surface area (Å²) in [7, 11) is 0. The number of aliphatic hydroxyl groups is 1. The predicted molar refractivity (Wildman–Crippen MR) is 84.6 cm³/mol. The van der Waals surface area contributed by atoms with Gasteiger partial charge >= 0.3 is 0 Å². The Bertz CT molecular complexity index is 559. The minimum Gasteiger partial charge on any atom is -0.390 e. The first kappa shape index (κ1) is 15.5. The van der Waals surface area contributed by atoms with Gasteiger partial charge in [-0.15, -0.1) is 0 Å². The second-order valence-electron chi connectivity index (χ2n) is 7.52. The molecule has 1 aliphatic carbocycles. The lowest BCUT2D eigenvalue weighted by Gasteiger charge is -2.33. The largest absolute Gasteiger partial charge is 0.390 e. The molecular weight excluding hydrogens is 280 g/mol. The van der Waals surface area contributed by atoms with Gasteiger partial charge in [0.25, 0.3) is 0 Å². The van der Waals surface area contributed by atoms with Crippen molar-refractivity contribution in [3.8, 4) is 0 Å². The van der Waals surface area contributed by atoms with E-state index in [1.54, 1.807) is 19.9 Å². The van der Waals surface area contributed by atoms with E-state index in [9.17, 15) is 9.90 Å². The van der Waals surface area contributed by atoms with Crippen LogP contribution in [0.4, 0.5) is 5.82 Å². The zero-order chi connectivity index (χ0) is 16.0. The van der Waals surface area contributed by atoms with Crippen LogP contribution < -0.4 is 5.32 Å². The maximum atomic E-state index is 12.7. The number of likely N-dealkylation sites (tertiary alicyclic amines) is 1. The van der Waals surface area contributed by atoms with Crippen LogP contribution in [-0.4, -0.2) is 49.8 Å². The summed E-state index contributed by atoms with van der Waals surface area (Å²) in [5.41, 5.74) is -0.474. The summed E-state index contributed by atoms with van der Waals surface area (Å²) in [5.74, 6) is 0.642. The second-order valence-corrected chi connectivity index (χ2v) is 7.52. The van der Waals surface area contributed by atoms with Gasteiger partial charge in [0, 0.05) is 18.5 Å². The van der Waals surface area contributed by atoms with Gasteiger partial charge in [-0.3, -0.25) is 14.8 Å². The van der Waals surface area contributed by atoms with Gasteiger partial charge in [-0.25, -0.2) is 0 Å². The van der Waals surface area contributed by atoms with E-state index in [0.29, 0.717) is 18.3 Å². The zero-order valence-electron chi connectivity index (χ0n) is 13.6. The molecule has 0 bridgehead atoms. The van der Waals surface area contributed by atoms with Gasteiger partial charge in [0.1, 0.15) is 5.82 Å². The summed E-state index contributed by atoms with van der Waals surface area (Å²) < 4.78 is 0. The zero-order valence-corrected chi connectivity index (χ0v) is 13.6. The lowest BCUT2D eigenvalue weighted by Crippen LogP contribution is -2.51. The highest BCUT2D eigenvalue weighted by Crippen LogP contribution is 2.39. The van der Waals surface area contributed by atoms with Crippen LogP contribution in [0.2, 0.25) is 0 Å². The number of carbonyl (C=O) groups excluding carboxylic acids is 1. The van der Waals surface area contributed by atoms with E-state index in [-0.39, 0.29) is 5.91 Å². The fourth-order valence-corrected chi connectivity index (χ4v) is 3.42. The van der Waals surface area contributed by atoms with Crippen LogP contribution in [0, 0.1) is 0 Å². The Morgan fingerprint density at radius 1 is 1.59 bits per heavy atom. The molecular formula is C16H26N4O2. The van der Waals surface area contributed by atoms with Crippen LogP contribution in [-0.2, 0) is 11.2 Å². The minimum absolute atomic E-state index is 0.0374. The number of amides is 1. The number of carbonyl (C=O) groups is 1. The van der Waals surface area contributed by atoms with Gasteiger partial charge in [0.2, 0.25) is 5.91 Å². The normalized spacial score (nSPS) is 26.4. The first-order chi connectivity index (χ1) is 10.3. The maximum absolute atomic E-state index is 12.7. The Hall–Kier alpha value is -1.40. The summed E-state index contributed by atoms with van der Waals surface area (Å²) in [6.07, 6.45) is 4.85. The van der Waals surface area contributed by atoms with Crippen LogP contribution in [0.1, 0.15) is 52.1 Å². The highest BCUT2D eigenvalue weighted by Gasteiger charge is 2.49. The first-order valence-electron chi connectivity index (χ1n) is 8.13. The third-order valence-corrected chi connectivity index (χ3v) is 4.67. The topological polar surface area (TPSA) is 81.2 Å². The molecule has 1 saturated carbocycles. The number of nitrogens with zero attached hydrogens (tertiary/aromatic N) is 2. The summed E-state index contributed by atoms with van der Waals surface area (Å²) in [5, 5.41) is 19.8. The predicted octanol–water partition coefficient (Wildman–Crippen LogP) is 1.68. The average molecular weight is 306 g/mol. The Labute approximate surface area is 131 Å². The molecule has 1 atom stereocenters. The van der Waals surface area contributed by atoms with Gasteiger partial charge < -0.3 is 10.4 Å². The lowest BCUT2D eigenvalue weighted by molar-refractivity contribution is -0.125. The van der Waals surface area contributed by atoms with Crippen LogP contribution >= 0.6 is 0 Å². The van der Waals surface area contributed by atoms with E-state index < -0.39 is 11.1 Å². The molecule has 1 amide bonds. The van der Waals surface area contributed by atoms with E-state index in [0.717, 1.165) is 25.1 Å². The second kappa shape index (κ2) is 5.35. The smallest absolute Gasteiger partial charge is 0.245 e. The summed E-state index contributed by atoms with van der Waals surface area (Å²) in [6.45, 7) is 6.54. The number of rotatable bonds is 5. The number of hydrogen-bond acceptors (Lipinski definition) is 4. The third kappa shape index (κ3) is 3.17. The Morgan fingerprint density at radius 3 is 2.95 bits per heavy atom. The molecule has 2 aliphatic rings. The van der Waals surface area contributed by atoms with Gasteiger partial charge in [0.15, 0.2) is 0 Å². The molecule has 6 nitrogen and oxygen atoms in total. The number of anilines is 1. The molecule has 3 rings (SSSR count). The molecule has 0 spiro atoms. The monoisotopic (exact) mass is 306 g/mol. The highest BCUT2D eigenvalue weighted by molar-refractivity contribution is 5.97. The SMILES string of the molecule is CC(C)(O)Cc1cc(NC(=O)C2(C)CCCN2C2CC2)[nH]n1. The van der Waals surface area contributed by atoms with Crippen LogP contribution in [0.3, 0.4) is 0 Å². The van der Waals surface area contributed by atoms with Crippen molar-refractivity contribution >= 4 is 11.7 Å². The average Bonchev–Trinajstić information content (AvgIpc) is 3.03. The van der Waals surface area contributed by atoms with Crippen molar-refractivity contribution in [1.82, 2.24) is 15.1 Å². The van der Waals surface area contributed by atoms with Crippen molar-refractivity contribution in [1.29, 1.82) is 0 Å². The molecule has 122 valence electrons. The van der Waals surface area contributed by atoms with Crippen LogP contribution in [0.15, 0.2) is 6.07 Å². The van der Waals surface area contributed by atoms with E-state index in [4.69, 9.17) is 0 Å². The molecule has 0 radical (unpaired) electrons. The number of nitrogens with one attached hydrogen (secondary N) is 2. The fraction of sp³-hybridized carbons (Fsp3) is 0.750. The van der Waals surface area contributed by atoms with E-state index in [2.05, 4.69) is 20.4 Å². The van der Waals surface area contributed by atoms with E-state index >= 15 is 0 Å². The van der Waals surface area contributed by atoms with Gasteiger partial charge in [-0.1, -0.05) is 0 Å². The Balaban J connectivity index is 1.66.